The summed E-state index contributed by atoms with van der Waals surface area (Å²) in [5.41, 5.74) is 8.42. The van der Waals surface area contributed by atoms with Crippen LogP contribution in [0, 0.1) is 0 Å². The van der Waals surface area contributed by atoms with Crippen LogP contribution >= 0.6 is 0 Å². The van der Waals surface area contributed by atoms with Gasteiger partial charge in [-0.25, -0.2) is 4.98 Å². The van der Waals surface area contributed by atoms with Gasteiger partial charge in [0.25, 0.3) is 5.89 Å². The molecule has 0 saturated heterocycles. The summed E-state index contributed by atoms with van der Waals surface area (Å²) >= 11 is 0. The van der Waals surface area contributed by atoms with Crippen molar-refractivity contribution in [3.8, 4) is 0 Å². The quantitative estimate of drug-likeness (QED) is 0.729. The number of hydrogen-bond donors (Lipinski definition) is 1. The van der Waals surface area contributed by atoms with Gasteiger partial charge in [0.2, 0.25) is 5.78 Å². The van der Waals surface area contributed by atoms with Crippen molar-refractivity contribution in [2.24, 2.45) is 5.73 Å². The summed E-state index contributed by atoms with van der Waals surface area (Å²) in [6, 6.07) is 16.7. The highest BCUT2D eigenvalue weighted by molar-refractivity contribution is 5.97. The van der Waals surface area contributed by atoms with Gasteiger partial charge in [0.15, 0.2) is 5.58 Å². The van der Waals surface area contributed by atoms with Crippen LogP contribution in [0.4, 0.5) is 0 Å². The Morgan fingerprint density at radius 2 is 1.81 bits per heavy atom. The van der Waals surface area contributed by atoms with Crippen LogP contribution in [0.1, 0.15) is 22.7 Å². The van der Waals surface area contributed by atoms with Crippen LogP contribution in [-0.4, -0.2) is 16.8 Å². The van der Waals surface area contributed by atoms with Crippen molar-refractivity contribution in [3.05, 3.63) is 66.1 Å². The molecule has 1 aromatic heterocycles. The second-order valence-corrected chi connectivity index (χ2v) is 4.98. The van der Waals surface area contributed by atoms with Crippen molar-refractivity contribution >= 4 is 16.9 Å². The number of Topliss-reactive ketones (excluding diaryl/α,β-unsaturated/α-hetero) is 1. The molecule has 1 heterocycles. The van der Waals surface area contributed by atoms with E-state index in [0.717, 1.165) is 6.42 Å². The Kier molecular flexibility index (Phi) is 3.79. The first-order valence-electron chi connectivity index (χ1n) is 6.93. The molecule has 0 aliphatic carbocycles. The summed E-state index contributed by atoms with van der Waals surface area (Å²) in [6.07, 6.45) is 1.33. The Morgan fingerprint density at radius 3 is 2.57 bits per heavy atom. The van der Waals surface area contributed by atoms with Gasteiger partial charge >= 0.3 is 0 Å². The Morgan fingerprint density at radius 1 is 1.10 bits per heavy atom. The number of benzene rings is 2. The van der Waals surface area contributed by atoms with Crippen LogP contribution in [0.5, 0.6) is 0 Å². The Labute approximate surface area is 122 Å². The second kappa shape index (κ2) is 5.89. The number of nitrogens with two attached hydrogens (primary N) is 1. The predicted octanol–water partition coefficient (Wildman–Crippen LogP) is 2.97. The van der Waals surface area contributed by atoms with Crippen molar-refractivity contribution in [2.45, 2.75) is 18.9 Å². The minimum atomic E-state index is -0.599. The van der Waals surface area contributed by atoms with Crippen molar-refractivity contribution < 1.29 is 9.21 Å². The normalized spacial score (nSPS) is 12.4. The molecule has 0 amide bonds. The fourth-order valence-electron chi connectivity index (χ4n) is 2.23. The van der Waals surface area contributed by atoms with Crippen LogP contribution in [0.2, 0.25) is 0 Å². The van der Waals surface area contributed by atoms with Gasteiger partial charge in [-0.3, -0.25) is 4.79 Å². The van der Waals surface area contributed by atoms with E-state index in [1.807, 2.05) is 48.5 Å². The van der Waals surface area contributed by atoms with E-state index in [1.54, 1.807) is 6.07 Å². The molecular formula is C17H16N2O2. The van der Waals surface area contributed by atoms with Gasteiger partial charge in [0, 0.05) is 0 Å². The van der Waals surface area contributed by atoms with E-state index in [-0.39, 0.29) is 11.7 Å². The highest BCUT2D eigenvalue weighted by atomic mass is 16.4. The molecule has 0 fully saturated rings. The number of nitrogens with zero attached hydrogens (tertiary/aromatic N) is 1. The SMILES string of the molecule is NC(CCc1ccccc1)C(=O)c1nc2ccccc2o1. The van der Waals surface area contributed by atoms with Gasteiger partial charge in [-0.1, -0.05) is 42.5 Å². The molecule has 1 atom stereocenters. The lowest BCUT2D eigenvalue weighted by atomic mass is 10.0. The average Bonchev–Trinajstić information content (AvgIpc) is 2.97. The van der Waals surface area contributed by atoms with Crippen LogP contribution in [0.3, 0.4) is 0 Å². The van der Waals surface area contributed by atoms with Gasteiger partial charge < -0.3 is 10.2 Å². The van der Waals surface area contributed by atoms with Gasteiger partial charge in [-0.05, 0) is 30.5 Å². The minimum absolute atomic E-state index is 0.0942. The zero-order valence-electron chi connectivity index (χ0n) is 11.5. The third kappa shape index (κ3) is 3.01. The van der Waals surface area contributed by atoms with E-state index >= 15 is 0 Å². The third-order valence-electron chi connectivity index (χ3n) is 3.43. The molecule has 3 aromatic rings. The Hall–Kier alpha value is -2.46. The number of aryl methyl sites for hydroxylation is 1. The molecule has 2 aromatic carbocycles. The third-order valence-corrected chi connectivity index (χ3v) is 3.43. The number of fused-ring (bicyclic) bond motifs is 1. The Bertz CT molecular complexity index is 717. The van der Waals surface area contributed by atoms with E-state index in [2.05, 4.69) is 4.98 Å². The molecule has 4 nitrogen and oxygen atoms in total. The second-order valence-electron chi connectivity index (χ2n) is 4.98. The van der Waals surface area contributed by atoms with Crippen molar-refractivity contribution in [2.75, 3.05) is 0 Å². The molecule has 1 unspecified atom stereocenters. The van der Waals surface area contributed by atoms with Crippen molar-refractivity contribution in [1.82, 2.24) is 4.98 Å². The van der Waals surface area contributed by atoms with Gasteiger partial charge in [-0.15, -0.1) is 0 Å². The maximum Gasteiger partial charge on any atom is 0.265 e. The first kappa shape index (κ1) is 13.5. The topological polar surface area (TPSA) is 69.1 Å². The monoisotopic (exact) mass is 280 g/mol. The molecule has 0 saturated carbocycles. The highest BCUT2D eigenvalue weighted by Gasteiger charge is 2.21. The molecule has 106 valence electrons. The summed E-state index contributed by atoms with van der Waals surface area (Å²) in [4.78, 5) is 16.4. The predicted molar refractivity (Wildman–Crippen MR) is 81.1 cm³/mol. The van der Waals surface area contributed by atoms with E-state index in [4.69, 9.17) is 10.2 Å². The maximum absolute atomic E-state index is 12.3. The molecule has 3 rings (SSSR count). The summed E-state index contributed by atoms with van der Waals surface area (Å²) in [7, 11) is 0. The van der Waals surface area contributed by atoms with E-state index in [9.17, 15) is 4.79 Å². The molecule has 0 radical (unpaired) electrons. The van der Waals surface area contributed by atoms with Gasteiger partial charge in [-0.2, -0.15) is 0 Å². The maximum atomic E-state index is 12.3. The average molecular weight is 280 g/mol. The number of para-hydroxylation sites is 2. The standard InChI is InChI=1S/C17H16N2O2/c18-13(11-10-12-6-2-1-3-7-12)16(20)17-19-14-8-4-5-9-15(14)21-17/h1-9,13H,10-11,18H2. The fourth-order valence-corrected chi connectivity index (χ4v) is 2.23. The minimum Gasteiger partial charge on any atom is -0.434 e. The molecular weight excluding hydrogens is 264 g/mol. The zero-order valence-corrected chi connectivity index (χ0v) is 11.5. The molecule has 4 heteroatoms. The lowest BCUT2D eigenvalue weighted by Crippen LogP contribution is -2.31. The zero-order chi connectivity index (χ0) is 14.7. The highest BCUT2D eigenvalue weighted by Crippen LogP contribution is 2.16. The first-order valence-corrected chi connectivity index (χ1v) is 6.93. The summed E-state index contributed by atoms with van der Waals surface area (Å²) in [5, 5.41) is 0. The smallest absolute Gasteiger partial charge is 0.265 e. The van der Waals surface area contributed by atoms with Crippen molar-refractivity contribution in [3.63, 3.8) is 0 Å². The van der Waals surface area contributed by atoms with Crippen LogP contribution < -0.4 is 5.73 Å². The molecule has 0 bridgehead atoms. The molecule has 0 spiro atoms. The molecule has 21 heavy (non-hydrogen) atoms. The number of carbonyl (C=O) groups excluding carboxylic acids is 1. The Balaban J connectivity index is 1.69. The molecule has 2 N–H and O–H groups in total. The van der Waals surface area contributed by atoms with E-state index < -0.39 is 6.04 Å². The molecule has 0 aliphatic rings. The summed E-state index contributed by atoms with van der Waals surface area (Å²) in [5.74, 6) is -0.154. The summed E-state index contributed by atoms with van der Waals surface area (Å²) < 4.78 is 5.46. The largest absolute Gasteiger partial charge is 0.434 e. The molecule has 0 aliphatic heterocycles. The lowest BCUT2D eigenvalue weighted by molar-refractivity contribution is 0.0925. The van der Waals surface area contributed by atoms with Crippen molar-refractivity contribution in [1.29, 1.82) is 0 Å². The number of aromatic nitrogens is 1. The number of rotatable bonds is 5. The van der Waals surface area contributed by atoms with E-state index in [1.165, 1.54) is 5.56 Å². The van der Waals surface area contributed by atoms with E-state index in [0.29, 0.717) is 17.5 Å². The van der Waals surface area contributed by atoms with Crippen LogP contribution in [-0.2, 0) is 6.42 Å². The first-order chi connectivity index (χ1) is 10.2. The fraction of sp³-hybridized carbons (Fsp3) is 0.176. The summed E-state index contributed by atoms with van der Waals surface area (Å²) in [6.45, 7) is 0. The number of hydrogen-bond acceptors (Lipinski definition) is 4. The number of carbonyl (C=O) groups is 1. The van der Waals surface area contributed by atoms with Crippen LogP contribution in [0.25, 0.3) is 11.1 Å². The number of oxazole rings is 1. The lowest BCUT2D eigenvalue weighted by Gasteiger charge is -2.07. The van der Waals surface area contributed by atoms with Gasteiger partial charge in [0.1, 0.15) is 5.52 Å². The number of ketones is 1. The van der Waals surface area contributed by atoms with Crippen LogP contribution in [0.15, 0.2) is 59.0 Å². The van der Waals surface area contributed by atoms with Gasteiger partial charge in [0.05, 0.1) is 6.04 Å².